The number of anilines is 1. The number of ether oxygens (including phenoxy) is 1. The Labute approximate surface area is 202 Å². The number of hydrogen-bond donors (Lipinski definition) is 3. The van der Waals surface area contributed by atoms with E-state index in [9.17, 15) is 14.7 Å². The molecule has 0 aliphatic carbocycles. The molecule has 0 spiro atoms. The van der Waals surface area contributed by atoms with E-state index in [1.807, 2.05) is 32.0 Å². The van der Waals surface area contributed by atoms with Gasteiger partial charge >= 0.3 is 0 Å². The maximum Gasteiger partial charge on any atom is 0.251 e. The zero-order valence-corrected chi connectivity index (χ0v) is 20.5. The Morgan fingerprint density at radius 1 is 1.18 bits per heavy atom. The SMILES string of the molecule is CCc1cccc(C)c1NC(=O)CSc1nnc([C@H](CO)NC(=O)c2ccc(OC)cc2)n1C. The molecule has 0 fully saturated rings. The average molecular weight is 484 g/mol. The van der Waals surface area contributed by atoms with Crippen LogP contribution in [-0.4, -0.2) is 51.2 Å². The summed E-state index contributed by atoms with van der Waals surface area (Å²) in [6.45, 7) is 3.66. The van der Waals surface area contributed by atoms with Crippen LogP contribution in [0.4, 0.5) is 5.69 Å². The zero-order valence-electron chi connectivity index (χ0n) is 19.7. The molecule has 0 unspecified atom stereocenters. The molecule has 2 aromatic carbocycles. The number of benzene rings is 2. The molecule has 3 aromatic rings. The van der Waals surface area contributed by atoms with Crippen LogP contribution in [0.25, 0.3) is 0 Å². The minimum Gasteiger partial charge on any atom is -0.497 e. The monoisotopic (exact) mass is 483 g/mol. The van der Waals surface area contributed by atoms with Crippen molar-refractivity contribution in [1.82, 2.24) is 20.1 Å². The lowest BCUT2D eigenvalue weighted by molar-refractivity contribution is -0.113. The van der Waals surface area contributed by atoms with Crippen LogP contribution in [0.2, 0.25) is 0 Å². The third-order valence-corrected chi connectivity index (χ3v) is 6.38. The van der Waals surface area contributed by atoms with Gasteiger partial charge < -0.3 is 25.0 Å². The number of thioether (sulfide) groups is 1. The van der Waals surface area contributed by atoms with Gasteiger partial charge in [0.1, 0.15) is 11.8 Å². The maximum absolute atomic E-state index is 12.6. The van der Waals surface area contributed by atoms with Gasteiger partial charge in [-0.15, -0.1) is 10.2 Å². The molecular weight excluding hydrogens is 454 g/mol. The van der Waals surface area contributed by atoms with E-state index in [0.29, 0.717) is 22.3 Å². The number of methoxy groups -OCH3 is 1. The lowest BCUT2D eigenvalue weighted by Crippen LogP contribution is -2.32. The number of nitrogens with zero attached hydrogens (tertiary/aromatic N) is 3. The van der Waals surface area contributed by atoms with Gasteiger partial charge in [-0.3, -0.25) is 9.59 Å². The highest BCUT2D eigenvalue weighted by Crippen LogP contribution is 2.23. The molecule has 2 amide bonds. The van der Waals surface area contributed by atoms with E-state index in [4.69, 9.17) is 4.74 Å². The van der Waals surface area contributed by atoms with Crippen molar-refractivity contribution in [3.8, 4) is 5.75 Å². The van der Waals surface area contributed by atoms with E-state index in [1.54, 1.807) is 43.0 Å². The van der Waals surface area contributed by atoms with Gasteiger partial charge in [-0.1, -0.05) is 36.9 Å². The number of carbonyl (C=O) groups excluding carboxylic acids is 2. The molecule has 0 radical (unpaired) electrons. The smallest absolute Gasteiger partial charge is 0.251 e. The topological polar surface area (TPSA) is 118 Å². The highest BCUT2D eigenvalue weighted by Gasteiger charge is 2.22. The highest BCUT2D eigenvalue weighted by molar-refractivity contribution is 7.99. The molecule has 0 bridgehead atoms. The number of para-hydroxylation sites is 1. The number of aliphatic hydroxyl groups excluding tert-OH is 1. The molecule has 9 nitrogen and oxygen atoms in total. The number of carbonyl (C=O) groups is 2. The Balaban J connectivity index is 1.63. The number of hydrogen-bond acceptors (Lipinski definition) is 7. The molecule has 3 rings (SSSR count). The molecule has 34 heavy (non-hydrogen) atoms. The number of aliphatic hydroxyl groups is 1. The van der Waals surface area contributed by atoms with Crippen molar-refractivity contribution in [3.05, 3.63) is 65.0 Å². The summed E-state index contributed by atoms with van der Waals surface area (Å²) in [5, 5.41) is 24.4. The summed E-state index contributed by atoms with van der Waals surface area (Å²) < 4.78 is 6.77. The summed E-state index contributed by atoms with van der Waals surface area (Å²) in [5.74, 6) is 0.668. The van der Waals surface area contributed by atoms with Crippen LogP contribution in [0.3, 0.4) is 0 Å². The molecule has 3 N–H and O–H groups in total. The van der Waals surface area contributed by atoms with Crippen LogP contribution in [0.15, 0.2) is 47.6 Å². The first kappa shape index (κ1) is 25.3. The fourth-order valence-electron chi connectivity index (χ4n) is 3.44. The number of aryl methyl sites for hydroxylation is 2. The quantitative estimate of drug-likeness (QED) is 0.380. The Hall–Kier alpha value is -3.37. The lowest BCUT2D eigenvalue weighted by atomic mass is 10.1. The van der Waals surface area contributed by atoms with Crippen LogP contribution in [0.1, 0.15) is 40.3 Å². The maximum atomic E-state index is 12.6. The first-order valence-electron chi connectivity index (χ1n) is 10.8. The fourth-order valence-corrected chi connectivity index (χ4v) is 4.16. The van der Waals surface area contributed by atoms with Gasteiger partial charge in [0.25, 0.3) is 5.91 Å². The molecule has 0 aliphatic rings. The standard InChI is InChI=1S/C24H29N5O4S/c1-5-16-8-6-7-15(2)21(16)26-20(31)14-34-24-28-27-22(29(24)3)19(13-30)25-23(32)17-9-11-18(33-4)12-10-17/h6-12,19,30H,5,13-14H2,1-4H3,(H,25,32)(H,26,31)/t19-/m0/s1. The molecule has 180 valence electrons. The van der Waals surface area contributed by atoms with Crippen molar-refractivity contribution in [3.63, 3.8) is 0 Å². The molecule has 0 saturated carbocycles. The van der Waals surface area contributed by atoms with E-state index in [0.717, 1.165) is 23.2 Å². The molecular formula is C24H29N5O4S. The summed E-state index contributed by atoms with van der Waals surface area (Å²) >= 11 is 1.23. The fraction of sp³-hybridized carbons (Fsp3) is 0.333. The third-order valence-electron chi connectivity index (χ3n) is 5.36. The number of nitrogens with one attached hydrogen (secondary N) is 2. The van der Waals surface area contributed by atoms with Crippen molar-refractivity contribution in [2.75, 3.05) is 24.8 Å². The van der Waals surface area contributed by atoms with Crippen molar-refractivity contribution in [2.45, 2.75) is 31.5 Å². The predicted molar refractivity (Wildman–Crippen MR) is 131 cm³/mol. The summed E-state index contributed by atoms with van der Waals surface area (Å²) in [7, 11) is 3.28. The van der Waals surface area contributed by atoms with E-state index >= 15 is 0 Å². The van der Waals surface area contributed by atoms with Crippen LogP contribution in [-0.2, 0) is 18.3 Å². The summed E-state index contributed by atoms with van der Waals surface area (Å²) in [4.78, 5) is 25.2. The Morgan fingerprint density at radius 3 is 2.56 bits per heavy atom. The molecule has 1 aromatic heterocycles. The molecule has 10 heteroatoms. The summed E-state index contributed by atoms with van der Waals surface area (Å²) in [5.41, 5.74) is 3.36. The van der Waals surface area contributed by atoms with Gasteiger partial charge in [-0.25, -0.2) is 0 Å². The first-order valence-corrected chi connectivity index (χ1v) is 11.8. The normalized spacial score (nSPS) is 11.7. The van der Waals surface area contributed by atoms with Crippen LogP contribution in [0.5, 0.6) is 5.75 Å². The molecule has 0 saturated heterocycles. The van der Waals surface area contributed by atoms with E-state index in [1.165, 1.54) is 11.8 Å². The van der Waals surface area contributed by atoms with Crippen molar-refractivity contribution < 1.29 is 19.4 Å². The van der Waals surface area contributed by atoms with Gasteiger partial charge in [0.15, 0.2) is 11.0 Å². The van der Waals surface area contributed by atoms with Gasteiger partial charge in [-0.2, -0.15) is 0 Å². The molecule has 1 heterocycles. The number of rotatable bonds is 10. The minimum absolute atomic E-state index is 0.144. The number of amides is 2. The Bertz CT molecular complexity index is 1150. The van der Waals surface area contributed by atoms with Crippen LogP contribution >= 0.6 is 11.8 Å². The third kappa shape index (κ3) is 5.95. The van der Waals surface area contributed by atoms with Crippen LogP contribution in [0, 0.1) is 6.92 Å². The largest absolute Gasteiger partial charge is 0.497 e. The van der Waals surface area contributed by atoms with Crippen molar-refractivity contribution in [1.29, 1.82) is 0 Å². The van der Waals surface area contributed by atoms with Gasteiger partial charge in [0.2, 0.25) is 5.91 Å². The second-order valence-corrected chi connectivity index (χ2v) is 8.58. The lowest BCUT2D eigenvalue weighted by Gasteiger charge is -2.16. The highest BCUT2D eigenvalue weighted by atomic mass is 32.2. The Morgan fingerprint density at radius 2 is 1.91 bits per heavy atom. The van der Waals surface area contributed by atoms with Gasteiger partial charge in [-0.05, 0) is 48.7 Å². The summed E-state index contributed by atoms with van der Waals surface area (Å²) in [6.07, 6.45) is 0.821. The summed E-state index contributed by atoms with van der Waals surface area (Å²) in [6, 6.07) is 11.8. The van der Waals surface area contributed by atoms with E-state index in [-0.39, 0.29) is 24.2 Å². The van der Waals surface area contributed by atoms with Crippen LogP contribution < -0.4 is 15.4 Å². The second kappa shape index (κ2) is 11.7. The Kier molecular flexibility index (Phi) is 8.67. The minimum atomic E-state index is -0.755. The van der Waals surface area contributed by atoms with Crippen molar-refractivity contribution in [2.24, 2.45) is 7.05 Å². The van der Waals surface area contributed by atoms with Crippen molar-refractivity contribution >= 4 is 29.3 Å². The van der Waals surface area contributed by atoms with E-state index in [2.05, 4.69) is 20.8 Å². The average Bonchev–Trinajstić information content (AvgIpc) is 3.22. The van der Waals surface area contributed by atoms with Gasteiger partial charge in [0, 0.05) is 18.3 Å². The van der Waals surface area contributed by atoms with E-state index < -0.39 is 6.04 Å². The first-order chi connectivity index (χ1) is 16.4. The molecule has 1 atom stereocenters. The zero-order chi connectivity index (χ0) is 24.7. The molecule has 0 aliphatic heterocycles. The van der Waals surface area contributed by atoms with Gasteiger partial charge in [0.05, 0.1) is 19.5 Å². The number of aromatic nitrogens is 3. The second-order valence-electron chi connectivity index (χ2n) is 7.64. The predicted octanol–water partition coefficient (Wildman–Crippen LogP) is 2.89.